The number of ketones is 1. The minimum Gasteiger partial charge on any atom is -0.295 e. The van der Waals surface area contributed by atoms with Gasteiger partial charge in [0.25, 0.3) is 5.56 Å². The molecule has 1 aliphatic carbocycles. The fraction of sp³-hybridized carbons (Fsp3) is 0.250. The SMILES string of the molecule is O=C1C=C(c2ccccnc2=O)CCC1. The van der Waals surface area contributed by atoms with E-state index in [2.05, 4.69) is 4.98 Å². The van der Waals surface area contributed by atoms with Crippen molar-refractivity contribution in [3.8, 4) is 0 Å². The van der Waals surface area contributed by atoms with Crippen molar-refractivity contribution in [2.75, 3.05) is 0 Å². The maximum absolute atomic E-state index is 11.6. The van der Waals surface area contributed by atoms with Gasteiger partial charge in [-0.3, -0.25) is 9.59 Å². The Morgan fingerprint density at radius 2 is 2.00 bits per heavy atom. The normalized spacial score (nSPS) is 16.0. The van der Waals surface area contributed by atoms with Gasteiger partial charge in [-0.25, -0.2) is 4.98 Å². The summed E-state index contributed by atoms with van der Waals surface area (Å²) >= 11 is 0. The number of aromatic nitrogens is 1. The molecule has 0 N–H and O–H groups in total. The van der Waals surface area contributed by atoms with Gasteiger partial charge in [-0.15, -0.1) is 0 Å². The molecular weight excluding hydrogens is 190 g/mol. The highest BCUT2D eigenvalue weighted by molar-refractivity contribution is 5.98. The second kappa shape index (κ2) is 4.17. The predicted molar refractivity (Wildman–Crippen MR) is 57.3 cm³/mol. The second-order valence-electron chi connectivity index (χ2n) is 3.54. The Bertz CT molecular complexity index is 477. The predicted octanol–water partition coefficient (Wildman–Crippen LogP) is 1.58. The summed E-state index contributed by atoms with van der Waals surface area (Å²) in [7, 11) is 0. The highest BCUT2D eigenvalue weighted by Gasteiger charge is 2.13. The van der Waals surface area contributed by atoms with Crippen LogP contribution in [-0.2, 0) is 4.79 Å². The van der Waals surface area contributed by atoms with E-state index in [-0.39, 0.29) is 11.3 Å². The van der Waals surface area contributed by atoms with Crippen molar-refractivity contribution in [3.05, 3.63) is 46.4 Å². The molecule has 0 aliphatic heterocycles. The largest absolute Gasteiger partial charge is 0.295 e. The van der Waals surface area contributed by atoms with E-state index in [0.717, 1.165) is 18.4 Å². The first kappa shape index (κ1) is 9.77. The molecule has 1 aromatic heterocycles. The first-order valence-corrected chi connectivity index (χ1v) is 4.96. The molecule has 0 bridgehead atoms. The van der Waals surface area contributed by atoms with Crippen molar-refractivity contribution in [2.24, 2.45) is 0 Å². The molecule has 1 heterocycles. The maximum atomic E-state index is 11.6. The van der Waals surface area contributed by atoms with Crippen molar-refractivity contribution >= 4 is 11.4 Å². The Balaban J connectivity index is 2.51. The average Bonchev–Trinajstić information content (AvgIpc) is 2.43. The fourth-order valence-corrected chi connectivity index (χ4v) is 1.70. The monoisotopic (exact) mass is 201 g/mol. The zero-order chi connectivity index (χ0) is 10.7. The molecule has 76 valence electrons. The number of hydrogen-bond donors (Lipinski definition) is 0. The lowest BCUT2D eigenvalue weighted by atomic mass is 9.94. The van der Waals surface area contributed by atoms with E-state index >= 15 is 0 Å². The topological polar surface area (TPSA) is 47.0 Å². The summed E-state index contributed by atoms with van der Waals surface area (Å²) < 4.78 is 0. The van der Waals surface area contributed by atoms with Gasteiger partial charge in [0.15, 0.2) is 5.78 Å². The fourth-order valence-electron chi connectivity index (χ4n) is 1.70. The van der Waals surface area contributed by atoms with Crippen molar-refractivity contribution < 1.29 is 4.79 Å². The van der Waals surface area contributed by atoms with Crippen LogP contribution in [0.2, 0.25) is 0 Å². The lowest BCUT2D eigenvalue weighted by Crippen LogP contribution is -2.11. The summed E-state index contributed by atoms with van der Waals surface area (Å²) in [5.74, 6) is 0.0992. The van der Waals surface area contributed by atoms with Gasteiger partial charge >= 0.3 is 0 Å². The van der Waals surface area contributed by atoms with Crippen LogP contribution < -0.4 is 5.56 Å². The molecule has 3 heteroatoms. The third-order valence-corrected chi connectivity index (χ3v) is 2.43. The van der Waals surface area contributed by atoms with Crippen LogP contribution in [0.5, 0.6) is 0 Å². The average molecular weight is 201 g/mol. The minimum absolute atomic E-state index is 0.0992. The number of rotatable bonds is 1. The van der Waals surface area contributed by atoms with Gasteiger partial charge in [0.05, 0.1) is 0 Å². The third kappa shape index (κ3) is 2.18. The van der Waals surface area contributed by atoms with Crippen LogP contribution in [0.3, 0.4) is 0 Å². The number of allylic oxidation sites excluding steroid dienone is 2. The molecule has 2 rings (SSSR count). The standard InChI is InChI=1S/C12H11NO2/c14-10-5-3-4-9(8-10)11-6-1-2-7-13-12(11)15/h1-2,6-8H,3-5H2. The quantitative estimate of drug-likeness (QED) is 0.693. The van der Waals surface area contributed by atoms with Crippen LogP contribution in [0.4, 0.5) is 0 Å². The summed E-state index contributed by atoms with van der Waals surface area (Å²) in [5.41, 5.74) is 1.11. The van der Waals surface area contributed by atoms with E-state index in [1.165, 1.54) is 6.20 Å². The molecule has 15 heavy (non-hydrogen) atoms. The molecule has 0 unspecified atom stereocenters. The molecular formula is C12H11NO2. The number of carbonyl (C=O) groups excluding carboxylic acids is 1. The van der Waals surface area contributed by atoms with E-state index in [4.69, 9.17) is 0 Å². The molecule has 0 spiro atoms. The Kier molecular flexibility index (Phi) is 2.72. The summed E-state index contributed by atoms with van der Waals surface area (Å²) in [4.78, 5) is 26.5. The van der Waals surface area contributed by atoms with Gasteiger partial charge in [-0.1, -0.05) is 6.07 Å². The Labute approximate surface area is 87.5 Å². The van der Waals surface area contributed by atoms with Crippen LogP contribution in [0.15, 0.2) is 35.3 Å². The van der Waals surface area contributed by atoms with Crippen LogP contribution in [0.1, 0.15) is 24.8 Å². The third-order valence-electron chi connectivity index (χ3n) is 2.43. The Morgan fingerprint density at radius 1 is 1.13 bits per heavy atom. The van der Waals surface area contributed by atoms with Crippen LogP contribution >= 0.6 is 0 Å². The van der Waals surface area contributed by atoms with Gasteiger partial charge in [0.2, 0.25) is 0 Å². The van der Waals surface area contributed by atoms with Gasteiger partial charge in [-0.2, -0.15) is 0 Å². The number of nitrogens with zero attached hydrogens (tertiary/aromatic N) is 1. The summed E-state index contributed by atoms with van der Waals surface area (Å²) in [6.07, 6.45) is 5.23. The number of carbonyl (C=O) groups is 1. The van der Waals surface area contributed by atoms with Gasteiger partial charge < -0.3 is 0 Å². The second-order valence-corrected chi connectivity index (χ2v) is 3.54. The van der Waals surface area contributed by atoms with Crippen molar-refractivity contribution in [1.29, 1.82) is 0 Å². The van der Waals surface area contributed by atoms with Gasteiger partial charge in [-0.05, 0) is 36.6 Å². The number of hydrogen-bond acceptors (Lipinski definition) is 3. The lowest BCUT2D eigenvalue weighted by molar-refractivity contribution is -0.114. The Morgan fingerprint density at radius 3 is 2.80 bits per heavy atom. The first-order valence-electron chi connectivity index (χ1n) is 4.96. The van der Waals surface area contributed by atoms with Gasteiger partial charge in [0.1, 0.15) is 0 Å². The molecule has 0 saturated heterocycles. The summed E-state index contributed by atoms with van der Waals surface area (Å²) in [5, 5.41) is 0. The minimum atomic E-state index is -0.263. The summed E-state index contributed by atoms with van der Waals surface area (Å²) in [6, 6.07) is 5.19. The molecule has 0 saturated carbocycles. The van der Waals surface area contributed by atoms with E-state index in [1.54, 1.807) is 24.3 Å². The Hall–Kier alpha value is -1.77. The van der Waals surface area contributed by atoms with Crippen molar-refractivity contribution in [3.63, 3.8) is 0 Å². The lowest BCUT2D eigenvalue weighted by Gasteiger charge is -2.09. The molecule has 0 atom stereocenters. The van der Waals surface area contributed by atoms with Crippen molar-refractivity contribution in [1.82, 2.24) is 4.98 Å². The maximum Gasteiger partial charge on any atom is 0.277 e. The molecule has 0 fully saturated rings. The highest BCUT2D eigenvalue weighted by atomic mass is 16.1. The molecule has 0 amide bonds. The van der Waals surface area contributed by atoms with Crippen LogP contribution in [-0.4, -0.2) is 10.8 Å². The zero-order valence-corrected chi connectivity index (χ0v) is 8.27. The van der Waals surface area contributed by atoms with E-state index < -0.39 is 0 Å². The smallest absolute Gasteiger partial charge is 0.277 e. The summed E-state index contributed by atoms with van der Waals surface area (Å²) in [6.45, 7) is 0. The van der Waals surface area contributed by atoms with Crippen LogP contribution in [0, 0.1) is 0 Å². The first-order chi connectivity index (χ1) is 7.27. The highest BCUT2D eigenvalue weighted by Crippen LogP contribution is 2.22. The van der Waals surface area contributed by atoms with E-state index in [1.807, 2.05) is 0 Å². The van der Waals surface area contributed by atoms with E-state index in [0.29, 0.717) is 12.0 Å². The van der Waals surface area contributed by atoms with Crippen LogP contribution in [0.25, 0.3) is 5.57 Å². The zero-order valence-electron chi connectivity index (χ0n) is 8.27. The molecule has 3 nitrogen and oxygen atoms in total. The molecule has 1 aliphatic rings. The van der Waals surface area contributed by atoms with Gasteiger partial charge in [0, 0.05) is 18.2 Å². The molecule has 0 radical (unpaired) electrons. The van der Waals surface area contributed by atoms with Crippen molar-refractivity contribution in [2.45, 2.75) is 19.3 Å². The molecule has 0 aromatic carbocycles. The molecule has 1 aromatic rings. The van der Waals surface area contributed by atoms with E-state index in [9.17, 15) is 9.59 Å².